The summed E-state index contributed by atoms with van der Waals surface area (Å²) in [4.78, 5) is 26.8. The number of hydrogen-bond acceptors (Lipinski definition) is 3. The SMILES string of the molecule is O=C(Cc1cc2ccccc2[nH]c1=O)NCC1(O)CCCC1. The third-order valence-electron chi connectivity index (χ3n) is 4.33. The van der Waals surface area contributed by atoms with E-state index in [1.807, 2.05) is 24.3 Å². The molecule has 1 aromatic carbocycles. The lowest BCUT2D eigenvalue weighted by molar-refractivity contribution is -0.121. The van der Waals surface area contributed by atoms with Gasteiger partial charge in [0.25, 0.3) is 5.56 Å². The molecule has 0 spiro atoms. The number of carbonyl (C=O) groups is 1. The van der Waals surface area contributed by atoms with Crippen LogP contribution in [0.4, 0.5) is 0 Å². The Labute approximate surface area is 128 Å². The molecule has 1 fully saturated rings. The summed E-state index contributed by atoms with van der Waals surface area (Å²) in [6.45, 7) is 0.261. The number of aromatic amines is 1. The maximum Gasteiger partial charge on any atom is 0.252 e. The van der Waals surface area contributed by atoms with Crippen molar-refractivity contribution in [3.8, 4) is 0 Å². The van der Waals surface area contributed by atoms with Gasteiger partial charge in [0.2, 0.25) is 5.91 Å². The second-order valence-corrected chi connectivity index (χ2v) is 6.10. The first kappa shape index (κ1) is 14.8. The van der Waals surface area contributed by atoms with Crippen molar-refractivity contribution in [2.75, 3.05) is 6.54 Å². The fourth-order valence-electron chi connectivity index (χ4n) is 3.03. The normalized spacial score (nSPS) is 16.8. The first-order valence-electron chi connectivity index (χ1n) is 7.66. The first-order valence-corrected chi connectivity index (χ1v) is 7.66. The van der Waals surface area contributed by atoms with Gasteiger partial charge in [0.15, 0.2) is 0 Å². The van der Waals surface area contributed by atoms with Crippen molar-refractivity contribution in [2.45, 2.75) is 37.7 Å². The molecule has 3 rings (SSSR count). The Hall–Kier alpha value is -2.14. The summed E-state index contributed by atoms with van der Waals surface area (Å²) in [7, 11) is 0. The average molecular weight is 300 g/mol. The van der Waals surface area contributed by atoms with Gasteiger partial charge >= 0.3 is 0 Å². The van der Waals surface area contributed by atoms with E-state index in [9.17, 15) is 14.7 Å². The number of nitrogens with one attached hydrogen (secondary N) is 2. The third kappa shape index (κ3) is 3.20. The summed E-state index contributed by atoms with van der Waals surface area (Å²) in [6, 6.07) is 9.22. The fourth-order valence-corrected chi connectivity index (χ4v) is 3.03. The molecule has 1 amide bonds. The predicted molar refractivity (Wildman–Crippen MR) is 84.7 cm³/mol. The van der Waals surface area contributed by atoms with Crippen LogP contribution >= 0.6 is 0 Å². The van der Waals surface area contributed by atoms with Gasteiger partial charge in [-0.2, -0.15) is 0 Å². The van der Waals surface area contributed by atoms with Crippen LogP contribution in [0.1, 0.15) is 31.2 Å². The molecular weight excluding hydrogens is 280 g/mol. The minimum absolute atomic E-state index is 0.0241. The van der Waals surface area contributed by atoms with E-state index in [2.05, 4.69) is 10.3 Å². The van der Waals surface area contributed by atoms with Crippen molar-refractivity contribution in [2.24, 2.45) is 0 Å². The second kappa shape index (κ2) is 5.93. The van der Waals surface area contributed by atoms with E-state index < -0.39 is 5.60 Å². The van der Waals surface area contributed by atoms with Gasteiger partial charge < -0.3 is 15.4 Å². The van der Waals surface area contributed by atoms with Crippen molar-refractivity contribution in [3.63, 3.8) is 0 Å². The molecule has 5 heteroatoms. The molecule has 1 saturated carbocycles. The highest BCUT2D eigenvalue weighted by atomic mass is 16.3. The summed E-state index contributed by atoms with van der Waals surface area (Å²) in [6.07, 6.45) is 3.47. The number of aromatic nitrogens is 1. The van der Waals surface area contributed by atoms with E-state index in [0.29, 0.717) is 5.56 Å². The number of benzene rings is 1. The molecular formula is C17H20N2O3. The Bertz CT molecular complexity index is 745. The molecule has 1 heterocycles. The van der Waals surface area contributed by atoms with Crippen LogP contribution < -0.4 is 10.9 Å². The molecule has 116 valence electrons. The van der Waals surface area contributed by atoms with Crippen LogP contribution in [0.3, 0.4) is 0 Å². The van der Waals surface area contributed by atoms with Crippen LogP contribution in [0.25, 0.3) is 10.9 Å². The Balaban J connectivity index is 1.68. The van der Waals surface area contributed by atoms with Gasteiger partial charge in [-0.05, 0) is 30.4 Å². The predicted octanol–water partition coefficient (Wildman–Crippen LogP) is 1.49. The molecule has 0 unspecified atom stereocenters. The van der Waals surface area contributed by atoms with Crippen LogP contribution in [0.5, 0.6) is 0 Å². The third-order valence-corrected chi connectivity index (χ3v) is 4.33. The van der Waals surface area contributed by atoms with Crippen molar-refractivity contribution in [3.05, 3.63) is 46.2 Å². The van der Waals surface area contributed by atoms with E-state index in [0.717, 1.165) is 36.6 Å². The quantitative estimate of drug-likeness (QED) is 0.800. The molecule has 0 atom stereocenters. The van der Waals surface area contributed by atoms with Crippen LogP contribution in [-0.2, 0) is 11.2 Å². The maximum absolute atomic E-state index is 12.0. The van der Waals surface area contributed by atoms with E-state index in [1.54, 1.807) is 6.07 Å². The molecule has 2 aromatic rings. The van der Waals surface area contributed by atoms with Crippen LogP contribution in [0.15, 0.2) is 35.1 Å². The molecule has 1 aliphatic rings. The lowest BCUT2D eigenvalue weighted by Gasteiger charge is -2.22. The number of fused-ring (bicyclic) bond motifs is 1. The Kier molecular flexibility index (Phi) is 3.98. The average Bonchev–Trinajstić information content (AvgIpc) is 2.93. The summed E-state index contributed by atoms with van der Waals surface area (Å²) >= 11 is 0. The van der Waals surface area contributed by atoms with Gasteiger partial charge in [-0.1, -0.05) is 31.0 Å². The van der Waals surface area contributed by atoms with Crippen molar-refractivity contribution < 1.29 is 9.90 Å². The summed E-state index contributed by atoms with van der Waals surface area (Å²) in [5.74, 6) is -0.235. The highest BCUT2D eigenvalue weighted by Crippen LogP contribution is 2.28. The molecule has 1 aromatic heterocycles. The molecule has 0 radical (unpaired) electrons. The minimum Gasteiger partial charge on any atom is -0.388 e. The minimum atomic E-state index is -0.772. The Morgan fingerprint density at radius 2 is 2.00 bits per heavy atom. The number of para-hydroxylation sites is 1. The molecule has 0 bridgehead atoms. The van der Waals surface area contributed by atoms with Crippen molar-refractivity contribution in [1.82, 2.24) is 10.3 Å². The first-order chi connectivity index (χ1) is 10.6. The number of H-pyrrole nitrogens is 1. The zero-order valence-electron chi connectivity index (χ0n) is 12.4. The summed E-state index contributed by atoms with van der Waals surface area (Å²) < 4.78 is 0. The van der Waals surface area contributed by atoms with Gasteiger partial charge in [-0.25, -0.2) is 0 Å². The lowest BCUT2D eigenvalue weighted by Crippen LogP contribution is -2.41. The van der Waals surface area contributed by atoms with Gasteiger partial charge in [0.1, 0.15) is 0 Å². The molecule has 0 saturated heterocycles. The van der Waals surface area contributed by atoms with E-state index in [-0.39, 0.29) is 24.4 Å². The highest BCUT2D eigenvalue weighted by molar-refractivity contribution is 5.82. The van der Waals surface area contributed by atoms with Crippen LogP contribution in [0.2, 0.25) is 0 Å². The maximum atomic E-state index is 12.0. The second-order valence-electron chi connectivity index (χ2n) is 6.10. The Morgan fingerprint density at radius 1 is 1.27 bits per heavy atom. The van der Waals surface area contributed by atoms with Gasteiger partial charge in [0, 0.05) is 17.6 Å². The zero-order chi connectivity index (χ0) is 15.6. The van der Waals surface area contributed by atoms with Gasteiger partial charge in [-0.15, -0.1) is 0 Å². The van der Waals surface area contributed by atoms with Crippen LogP contribution in [0, 0.1) is 0 Å². The molecule has 22 heavy (non-hydrogen) atoms. The number of pyridine rings is 1. The van der Waals surface area contributed by atoms with Crippen molar-refractivity contribution in [1.29, 1.82) is 0 Å². The number of aliphatic hydroxyl groups is 1. The van der Waals surface area contributed by atoms with E-state index in [1.165, 1.54) is 0 Å². The van der Waals surface area contributed by atoms with Gasteiger partial charge in [0.05, 0.1) is 12.0 Å². The summed E-state index contributed by atoms with van der Waals surface area (Å²) in [5, 5.41) is 13.9. The van der Waals surface area contributed by atoms with Crippen LogP contribution in [-0.4, -0.2) is 28.1 Å². The topological polar surface area (TPSA) is 82.2 Å². The molecule has 3 N–H and O–H groups in total. The Morgan fingerprint density at radius 3 is 2.77 bits per heavy atom. The largest absolute Gasteiger partial charge is 0.388 e. The lowest BCUT2D eigenvalue weighted by atomic mass is 10.0. The highest BCUT2D eigenvalue weighted by Gasteiger charge is 2.31. The monoisotopic (exact) mass is 300 g/mol. The number of carbonyl (C=O) groups excluding carboxylic acids is 1. The standard InChI is InChI=1S/C17H20N2O3/c20-15(18-11-17(22)7-3-4-8-17)10-13-9-12-5-1-2-6-14(12)19-16(13)21/h1-2,5-6,9,22H,3-4,7-8,10-11H2,(H,18,20)(H,19,21). The number of hydrogen-bond donors (Lipinski definition) is 3. The number of rotatable bonds is 4. The number of amides is 1. The zero-order valence-corrected chi connectivity index (χ0v) is 12.4. The molecule has 0 aliphatic heterocycles. The van der Waals surface area contributed by atoms with Gasteiger partial charge in [-0.3, -0.25) is 9.59 Å². The fraction of sp³-hybridized carbons (Fsp3) is 0.412. The van der Waals surface area contributed by atoms with E-state index in [4.69, 9.17) is 0 Å². The summed E-state index contributed by atoms with van der Waals surface area (Å²) in [5.41, 5.74) is 0.186. The van der Waals surface area contributed by atoms with Crippen molar-refractivity contribution >= 4 is 16.8 Å². The van der Waals surface area contributed by atoms with E-state index >= 15 is 0 Å². The smallest absolute Gasteiger partial charge is 0.252 e. The molecule has 5 nitrogen and oxygen atoms in total. The molecule has 1 aliphatic carbocycles.